The Kier molecular flexibility index (Phi) is 4.99. The molecule has 0 amide bonds. The standard InChI is InChI=1S/C17H13NO5/c1-23-17(20)15-5-3-2-4-12(15)8-11-16(19)13-6-9-14(10-7-13)18(21)22/h2-11H,1H3/b11-8+. The third kappa shape index (κ3) is 3.88. The molecule has 2 rings (SSSR count). The fourth-order valence-corrected chi connectivity index (χ4v) is 1.95. The van der Waals surface area contributed by atoms with E-state index in [0.717, 1.165) is 0 Å². The number of esters is 1. The molecule has 0 saturated carbocycles. The molecule has 0 unspecified atom stereocenters. The maximum Gasteiger partial charge on any atom is 0.338 e. The van der Waals surface area contributed by atoms with Gasteiger partial charge in [-0.25, -0.2) is 4.79 Å². The highest BCUT2D eigenvalue weighted by molar-refractivity contribution is 6.07. The molecule has 0 radical (unpaired) electrons. The van der Waals surface area contributed by atoms with Crippen LogP contribution in [-0.2, 0) is 4.74 Å². The first-order chi connectivity index (χ1) is 11.0. The van der Waals surface area contributed by atoms with Crippen molar-refractivity contribution in [2.75, 3.05) is 7.11 Å². The van der Waals surface area contributed by atoms with Crippen LogP contribution in [0, 0.1) is 10.1 Å². The van der Waals surface area contributed by atoms with Gasteiger partial charge < -0.3 is 4.74 Å². The van der Waals surface area contributed by atoms with Gasteiger partial charge in [0.05, 0.1) is 17.6 Å². The minimum atomic E-state index is -0.531. The first kappa shape index (κ1) is 16.1. The third-order valence-electron chi connectivity index (χ3n) is 3.14. The number of hydrogen-bond acceptors (Lipinski definition) is 5. The van der Waals surface area contributed by atoms with Crippen molar-refractivity contribution in [3.05, 3.63) is 81.4 Å². The van der Waals surface area contributed by atoms with Gasteiger partial charge in [-0.05, 0) is 29.8 Å². The van der Waals surface area contributed by atoms with Crippen molar-refractivity contribution in [3.8, 4) is 0 Å². The Morgan fingerprint density at radius 1 is 1.09 bits per heavy atom. The molecule has 23 heavy (non-hydrogen) atoms. The second kappa shape index (κ2) is 7.13. The lowest BCUT2D eigenvalue weighted by Crippen LogP contribution is -2.03. The van der Waals surface area contributed by atoms with Crippen molar-refractivity contribution in [1.82, 2.24) is 0 Å². The number of non-ortho nitro benzene ring substituents is 1. The highest BCUT2D eigenvalue weighted by atomic mass is 16.6. The molecule has 6 heteroatoms. The Morgan fingerprint density at radius 3 is 2.35 bits per heavy atom. The summed E-state index contributed by atoms with van der Waals surface area (Å²) in [7, 11) is 1.28. The third-order valence-corrected chi connectivity index (χ3v) is 3.14. The maximum atomic E-state index is 12.1. The first-order valence-corrected chi connectivity index (χ1v) is 6.67. The molecular weight excluding hydrogens is 298 g/mol. The van der Waals surface area contributed by atoms with Gasteiger partial charge in [-0.2, -0.15) is 0 Å². The van der Waals surface area contributed by atoms with Gasteiger partial charge in [0, 0.05) is 17.7 Å². The van der Waals surface area contributed by atoms with Crippen LogP contribution in [0.25, 0.3) is 6.08 Å². The summed E-state index contributed by atoms with van der Waals surface area (Å²) in [6.07, 6.45) is 2.82. The van der Waals surface area contributed by atoms with Crippen LogP contribution in [0.4, 0.5) is 5.69 Å². The maximum absolute atomic E-state index is 12.1. The molecule has 0 aliphatic heterocycles. The van der Waals surface area contributed by atoms with E-state index >= 15 is 0 Å². The van der Waals surface area contributed by atoms with E-state index in [-0.39, 0.29) is 11.5 Å². The zero-order chi connectivity index (χ0) is 16.8. The molecular formula is C17H13NO5. The van der Waals surface area contributed by atoms with Gasteiger partial charge in [0.25, 0.3) is 5.69 Å². The van der Waals surface area contributed by atoms with E-state index in [1.807, 2.05) is 0 Å². The first-order valence-electron chi connectivity index (χ1n) is 6.67. The normalized spacial score (nSPS) is 10.5. The lowest BCUT2D eigenvalue weighted by molar-refractivity contribution is -0.384. The molecule has 6 nitrogen and oxygen atoms in total. The number of ketones is 1. The van der Waals surface area contributed by atoms with E-state index in [2.05, 4.69) is 4.74 Å². The minimum absolute atomic E-state index is 0.0819. The minimum Gasteiger partial charge on any atom is -0.465 e. The van der Waals surface area contributed by atoms with Gasteiger partial charge >= 0.3 is 5.97 Å². The van der Waals surface area contributed by atoms with Crippen molar-refractivity contribution in [2.24, 2.45) is 0 Å². The van der Waals surface area contributed by atoms with E-state index in [4.69, 9.17) is 0 Å². The summed E-state index contributed by atoms with van der Waals surface area (Å²) in [4.78, 5) is 33.8. The summed E-state index contributed by atoms with van der Waals surface area (Å²) < 4.78 is 4.68. The lowest BCUT2D eigenvalue weighted by atomic mass is 10.0. The molecule has 0 bridgehead atoms. The van der Waals surface area contributed by atoms with Crippen LogP contribution in [0.1, 0.15) is 26.3 Å². The fourth-order valence-electron chi connectivity index (χ4n) is 1.95. The molecule has 0 aliphatic rings. The molecule has 0 aromatic heterocycles. The Labute approximate surface area is 132 Å². The molecule has 0 spiro atoms. The Hall–Kier alpha value is -3.28. The average Bonchev–Trinajstić information content (AvgIpc) is 2.59. The molecule has 2 aromatic rings. The average molecular weight is 311 g/mol. The molecule has 0 atom stereocenters. The number of allylic oxidation sites excluding steroid dienone is 1. The number of carbonyl (C=O) groups is 2. The summed E-state index contributed by atoms with van der Waals surface area (Å²) in [6.45, 7) is 0. The van der Waals surface area contributed by atoms with Gasteiger partial charge in [0.2, 0.25) is 0 Å². The largest absolute Gasteiger partial charge is 0.465 e. The molecule has 116 valence electrons. The molecule has 0 aliphatic carbocycles. The summed E-state index contributed by atoms with van der Waals surface area (Å²) in [6, 6.07) is 12.0. The van der Waals surface area contributed by atoms with Crippen LogP contribution in [0.2, 0.25) is 0 Å². The fraction of sp³-hybridized carbons (Fsp3) is 0.0588. The van der Waals surface area contributed by atoms with Crippen molar-refractivity contribution >= 4 is 23.5 Å². The number of benzene rings is 2. The van der Waals surface area contributed by atoms with Crippen LogP contribution in [0.15, 0.2) is 54.6 Å². The number of carbonyl (C=O) groups excluding carboxylic acids is 2. The number of nitrogens with zero attached hydrogens (tertiary/aromatic N) is 1. The Bertz CT molecular complexity index is 778. The summed E-state index contributed by atoms with van der Waals surface area (Å²) in [5, 5.41) is 10.6. The highest BCUT2D eigenvalue weighted by Gasteiger charge is 2.10. The Balaban J connectivity index is 2.21. The van der Waals surface area contributed by atoms with Crippen molar-refractivity contribution < 1.29 is 19.2 Å². The zero-order valence-electron chi connectivity index (χ0n) is 12.3. The van der Waals surface area contributed by atoms with E-state index in [9.17, 15) is 19.7 Å². The molecule has 0 saturated heterocycles. The van der Waals surface area contributed by atoms with Crippen LogP contribution >= 0.6 is 0 Å². The number of methoxy groups -OCH3 is 1. The molecule has 0 N–H and O–H groups in total. The van der Waals surface area contributed by atoms with Gasteiger partial charge in [0.1, 0.15) is 0 Å². The van der Waals surface area contributed by atoms with Gasteiger partial charge in [0.15, 0.2) is 5.78 Å². The number of hydrogen-bond donors (Lipinski definition) is 0. The molecule has 0 fully saturated rings. The van der Waals surface area contributed by atoms with Crippen molar-refractivity contribution in [2.45, 2.75) is 0 Å². The van der Waals surface area contributed by atoms with Crippen LogP contribution in [0.3, 0.4) is 0 Å². The van der Waals surface area contributed by atoms with E-state index in [1.165, 1.54) is 43.5 Å². The lowest BCUT2D eigenvalue weighted by Gasteiger charge is -2.03. The van der Waals surface area contributed by atoms with Crippen molar-refractivity contribution in [3.63, 3.8) is 0 Å². The smallest absolute Gasteiger partial charge is 0.338 e. The molecule has 0 heterocycles. The number of ether oxygens (including phenoxy) is 1. The van der Waals surface area contributed by atoms with Crippen molar-refractivity contribution in [1.29, 1.82) is 0 Å². The van der Waals surface area contributed by atoms with Gasteiger partial charge in [-0.3, -0.25) is 14.9 Å². The predicted molar refractivity (Wildman–Crippen MR) is 84.2 cm³/mol. The number of nitro benzene ring substituents is 1. The second-order valence-electron chi connectivity index (χ2n) is 4.58. The quantitative estimate of drug-likeness (QED) is 0.278. The predicted octanol–water partition coefficient (Wildman–Crippen LogP) is 3.28. The number of rotatable bonds is 5. The zero-order valence-corrected chi connectivity index (χ0v) is 12.3. The van der Waals surface area contributed by atoms with Gasteiger partial charge in [-0.15, -0.1) is 0 Å². The summed E-state index contributed by atoms with van der Waals surface area (Å²) in [5.74, 6) is -0.812. The van der Waals surface area contributed by atoms with E-state index in [1.54, 1.807) is 24.3 Å². The monoisotopic (exact) mass is 311 g/mol. The van der Waals surface area contributed by atoms with E-state index in [0.29, 0.717) is 16.7 Å². The van der Waals surface area contributed by atoms with Gasteiger partial charge in [-0.1, -0.05) is 24.3 Å². The highest BCUT2D eigenvalue weighted by Crippen LogP contribution is 2.15. The van der Waals surface area contributed by atoms with Crippen LogP contribution in [0.5, 0.6) is 0 Å². The summed E-state index contributed by atoms with van der Waals surface area (Å²) >= 11 is 0. The van der Waals surface area contributed by atoms with E-state index < -0.39 is 10.9 Å². The summed E-state index contributed by atoms with van der Waals surface area (Å²) in [5.41, 5.74) is 1.14. The topological polar surface area (TPSA) is 86.5 Å². The molecule has 2 aromatic carbocycles. The number of nitro groups is 1. The SMILES string of the molecule is COC(=O)c1ccccc1/C=C/C(=O)c1ccc([N+](=O)[O-])cc1. The van der Waals surface area contributed by atoms with Crippen LogP contribution < -0.4 is 0 Å². The second-order valence-corrected chi connectivity index (χ2v) is 4.58. The van der Waals surface area contributed by atoms with Crippen LogP contribution in [-0.4, -0.2) is 23.8 Å². The Morgan fingerprint density at radius 2 is 1.74 bits per heavy atom.